The molecule has 0 aromatic heterocycles. The minimum absolute atomic E-state index is 0.744. The highest BCUT2D eigenvalue weighted by Crippen LogP contribution is 2.25. The average molecular weight is 249 g/mol. The molecule has 17 heavy (non-hydrogen) atoms. The Morgan fingerprint density at radius 2 is 1.71 bits per heavy atom. The second kappa shape index (κ2) is 6.51. The van der Waals surface area contributed by atoms with Crippen LogP contribution in [-0.4, -0.2) is 12.5 Å². The Balaban J connectivity index is 1.98. The molecule has 2 aromatic carbocycles. The number of hydrogen-bond donors (Lipinski definition) is 0. The van der Waals surface area contributed by atoms with E-state index < -0.39 is 0 Å². The maximum absolute atomic E-state index is 5.82. The van der Waals surface area contributed by atoms with Crippen molar-refractivity contribution < 1.29 is 4.74 Å². The first kappa shape index (κ1) is 12.3. The number of hydrogen-bond acceptors (Lipinski definition) is 1. The maximum atomic E-state index is 5.82. The lowest BCUT2D eigenvalue weighted by atomic mass is 10.1. The van der Waals surface area contributed by atoms with Crippen LogP contribution in [0.4, 0.5) is 0 Å². The summed E-state index contributed by atoms with van der Waals surface area (Å²) in [4.78, 5) is 0. The van der Waals surface area contributed by atoms with Crippen molar-refractivity contribution >= 4 is 22.4 Å². The molecule has 0 aliphatic carbocycles. The fraction of sp³-hybridized carbons (Fsp3) is 0.333. The molecule has 2 rings (SSSR count). The molecule has 0 spiro atoms. The molecule has 0 amide bonds. The summed E-state index contributed by atoms with van der Waals surface area (Å²) in [7, 11) is 0. The molecule has 0 unspecified atom stereocenters. The third kappa shape index (κ3) is 3.37. The third-order valence-corrected chi connectivity index (χ3v) is 3.05. The predicted octanol–water partition coefficient (Wildman–Crippen LogP) is 4.63. The van der Waals surface area contributed by atoms with Gasteiger partial charge in [0.05, 0.1) is 6.61 Å². The summed E-state index contributed by atoms with van der Waals surface area (Å²) in [5, 5.41) is 2.41. The summed E-state index contributed by atoms with van der Waals surface area (Å²) in [6.45, 7) is 0.769. The van der Waals surface area contributed by atoms with E-state index in [2.05, 4.69) is 18.2 Å². The van der Waals surface area contributed by atoms with Crippen LogP contribution in [0.3, 0.4) is 0 Å². The van der Waals surface area contributed by atoms with E-state index in [1.54, 1.807) is 0 Å². The topological polar surface area (TPSA) is 9.23 Å². The SMILES string of the molecule is ClCCCCCOc1cccc2ccccc12. The van der Waals surface area contributed by atoms with Crippen LogP contribution in [0.5, 0.6) is 5.75 Å². The second-order valence-electron chi connectivity index (χ2n) is 4.08. The van der Waals surface area contributed by atoms with Gasteiger partial charge in [-0.05, 0) is 30.7 Å². The van der Waals surface area contributed by atoms with Gasteiger partial charge in [-0.3, -0.25) is 0 Å². The van der Waals surface area contributed by atoms with Gasteiger partial charge >= 0.3 is 0 Å². The number of fused-ring (bicyclic) bond motifs is 1. The Bertz CT molecular complexity index is 462. The van der Waals surface area contributed by atoms with Gasteiger partial charge in [-0.1, -0.05) is 36.4 Å². The third-order valence-electron chi connectivity index (χ3n) is 2.79. The van der Waals surface area contributed by atoms with Crippen molar-refractivity contribution in [2.75, 3.05) is 12.5 Å². The molecule has 0 bridgehead atoms. The molecule has 1 nitrogen and oxygen atoms in total. The fourth-order valence-corrected chi connectivity index (χ4v) is 2.07. The van der Waals surface area contributed by atoms with Crippen molar-refractivity contribution in [3.8, 4) is 5.75 Å². The monoisotopic (exact) mass is 248 g/mol. The first-order valence-electron chi connectivity index (χ1n) is 6.08. The molecule has 0 atom stereocenters. The number of benzene rings is 2. The number of unbranched alkanes of at least 4 members (excludes halogenated alkanes) is 2. The van der Waals surface area contributed by atoms with Gasteiger partial charge in [0.25, 0.3) is 0 Å². The molecule has 0 aliphatic heterocycles. The molecule has 0 saturated carbocycles. The van der Waals surface area contributed by atoms with E-state index in [4.69, 9.17) is 16.3 Å². The van der Waals surface area contributed by atoms with Crippen molar-refractivity contribution in [3.63, 3.8) is 0 Å². The quantitative estimate of drug-likeness (QED) is 0.535. The van der Waals surface area contributed by atoms with E-state index >= 15 is 0 Å². The molecular weight excluding hydrogens is 232 g/mol. The Kier molecular flexibility index (Phi) is 4.69. The molecule has 90 valence electrons. The normalized spacial score (nSPS) is 10.6. The lowest BCUT2D eigenvalue weighted by Gasteiger charge is -2.08. The standard InChI is InChI=1S/C15H17ClO/c16-11-4-1-5-12-17-15-10-6-8-13-7-2-3-9-14(13)15/h2-3,6-10H,1,4-5,11-12H2. The van der Waals surface area contributed by atoms with E-state index in [-0.39, 0.29) is 0 Å². The Morgan fingerprint density at radius 3 is 2.59 bits per heavy atom. The summed E-state index contributed by atoms with van der Waals surface area (Å²) in [5.74, 6) is 1.72. The molecule has 0 heterocycles. The van der Waals surface area contributed by atoms with Gasteiger partial charge in [0.15, 0.2) is 0 Å². The molecular formula is C15H17ClO. The molecule has 0 fully saturated rings. The maximum Gasteiger partial charge on any atom is 0.127 e. The second-order valence-corrected chi connectivity index (χ2v) is 4.45. The van der Waals surface area contributed by atoms with Gasteiger partial charge < -0.3 is 4.74 Å². The minimum atomic E-state index is 0.744. The summed E-state index contributed by atoms with van der Waals surface area (Å²) < 4.78 is 5.82. The van der Waals surface area contributed by atoms with E-state index in [9.17, 15) is 0 Å². The van der Waals surface area contributed by atoms with Crippen LogP contribution in [0, 0.1) is 0 Å². The fourth-order valence-electron chi connectivity index (χ4n) is 1.88. The first-order valence-corrected chi connectivity index (χ1v) is 6.62. The van der Waals surface area contributed by atoms with Gasteiger partial charge in [0.2, 0.25) is 0 Å². The Morgan fingerprint density at radius 1 is 0.882 bits per heavy atom. The predicted molar refractivity (Wildman–Crippen MR) is 74.0 cm³/mol. The Hall–Kier alpha value is -1.21. The van der Waals surface area contributed by atoms with E-state index in [1.807, 2.05) is 24.3 Å². The van der Waals surface area contributed by atoms with Crippen molar-refractivity contribution in [3.05, 3.63) is 42.5 Å². The lowest BCUT2D eigenvalue weighted by Crippen LogP contribution is -1.97. The zero-order chi connectivity index (χ0) is 11.9. The van der Waals surface area contributed by atoms with Crippen molar-refractivity contribution in [1.29, 1.82) is 0 Å². The van der Waals surface area contributed by atoms with Crippen molar-refractivity contribution in [2.24, 2.45) is 0 Å². The smallest absolute Gasteiger partial charge is 0.127 e. The van der Waals surface area contributed by atoms with Crippen LogP contribution in [0.15, 0.2) is 42.5 Å². The number of halogens is 1. The zero-order valence-electron chi connectivity index (χ0n) is 9.86. The minimum Gasteiger partial charge on any atom is -0.493 e. The largest absolute Gasteiger partial charge is 0.493 e. The van der Waals surface area contributed by atoms with Gasteiger partial charge in [0, 0.05) is 11.3 Å². The van der Waals surface area contributed by atoms with E-state index in [0.29, 0.717) is 0 Å². The summed E-state index contributed by atoms with van der Waals surface area (Å²) in [6.07, 6.45) is 3.27. The van der Waals surface area contributed by atoms with Gasteiger partial charge in [-0.15, -0.1) is 11.6 Å². The van der Waals surface area contributed by atoms with Crippen LogP contribution < -0.4 is 4.74 Å². The van der Waals surface area contributed by atoms with E-state index in [0.717, 1.165) is 37.5 Å². The lowest BCUT2D eigenvalue weighted by molar-refractivity contribution is 0.310. The van der Waals surface area contributed by atoms with Crippen LogP contribution in [0.1, 0.15) is 19.3 Å². The number of ether oxygens (including phenoxy) is 1. The number of alkyl halides is 1. The van der Waals surface area contributed by atoms with Crippen molar-refractivity contribution in [2.45, 2.75) is 19.3 Å². The Labute approximate surface area is 107 Å². The van der Waals surface area contributed by atoms with Crippen LogP contribution in [-0.2, 0) is 0 Å². The summed E-state index contributed by atoms with van der Waals surface area (Å²) >= 11 is 5.63. The number of rotatable bonds is 6. The highest BCUT2D eigenvalue weighted by Gasteiger charge is 2.00. The molecule has 0 radical (unpaired) electrons. The average Bonchev–Trinajstić information content (AvgIpc) is 2.39. The highest BCUT2D eigenvalue weighted by atomic mass is 35.5. The summed E-state index contributed by atoms with van der Waals surface area (Å²) in [6, 6.07) is 14.5. The molecule has 0 saturated heterocycles. The van der Waals surface area contributed by atoms with Crippen LogP contribution in [0.2, 0.25) is 0 Å². The molecule has 2 aromatic rings. The zero-order valence-corrected chi connectivity index (χ0v) is 10.6. The molecule has 2 heteroatoms. The van der Waals surface area contributed by atoms with Crippen LogP contribution >= 0.6 is 11.6 Å². The molecule has 0 aliphatic rings. The van der Waals surface area contributed by atoms with E-state index in [1.165, 1.54) is 10.8 Å². The summed E-state index contributed by atoms with van der Waals surface area (Å²) in [5.41, 5.74) is 0. The highest BCUT2D eigenvalue weighted by molar-refractivity contribution is 6.17. The molecule has 0 N–H and O–H groups in total. The van der Waals surface area contributed by atoms with Gasteiger partial charge in [0.1, 0.15) is 5.75 Å². The van der Waals surface area contributed by atoms with Gasteiger partial charge in [-0.2, -0.15) is 0 Å². The first-order chi connectivity index (χ1) is 8.42. The van der Waals surface area contributed by atoms with Gasteiger partial charge in [-0.25, -0.2) is 0 Å². The van der Waals surface area contributed by atoms with Crippen molar-refractivity contribution in [1.82, 2.24) is 0 Å². The van der Waals surface area contributed by atoms with Crippen LogP contribution in [0.25, 0.3) is 10.8 Å².